The average molecular weight is 377 g/mol. The van der Waals surface area contributed by atoms with Gasteiger partial charge in [0.25, 0.3) is 0 Å². The Hall–Kier alpha value is -1.42. The Kier molecular flexibility index (Phi) is 4.81. The van der Waals surface area contributed by atoms with Crippen molar-refractivity contribution in [1.29, 1.82) is 0 Å². The number of anilines is 1. The molecule has 0 saturated carbocycles. The zero-order chi connectivity index (χ0) is 17.3. The number of hydrogen-bond donors (Lipinski definition) is 1. The first kappa shape index (κ1) is 17.0. The van der Waals surface area contributed by atoms with Crippen LogP contribution < -0.4 is 15.0 Å². The first-order valence-electron chi connectivity index (χ1n) is 8.77. The summed E-state index contributed by atoms with van der Waals surface area (Å²) in [5.41, 5.74) is 2.50. The molecule has 0 radical (unpaired) electrons. The third kappa shape index (κ3) is 3.46. The number of nitrogens with one attached hydrogen (secondary N) is 1. The van der Waals surface area contributed by atoms with Crippen molar-refractivity contribution in [1.82, 2.24) is 5.32 Å². The molecule has 25 heavy (non-hydrogen) atoms. The van der Waals surface area contributed by atoms with Crippen molar-refractivity contribution in [3.8, 4) is 5.75 Å². The van der Waals surface area contributed by atoms with Crippen LogP contribution in [0.25, 0.3) is 0 Å². The van der Waals surface area contributed by atoms with E-state index >= 15 is 0 Å². The van der Waals surface area contributed by atoms with Gasteiger partial charge in [-0.15, -0.1) is 0 Å². The fourth-order valence-electron chi connectivity index (χ4n) is 3.86. The molecule has 1 N–H and O–H groups in total. The molecule has 2 heterocycles. The fraction of sp³-hybridized carbons (Fsp3) is 0.400. The molecular formula is C20H22Cl2N2O. The topological polar surface area (TPSA) is 24.5 Å². The van der Waals surface area contributed by atoms with Crippen LogP contribution in [0.4, 0.5) is 5.69 Å². The molecule has 132 valence electrons. The second kappa shape index (κ2) is 7.06. The maximum Gasteiger partial charge on any atom is 0.144 e. The van der Waals surface area contributed by atoms with Crippen molar-refractivity contribution < 1.29 is 4.74 Å². The van der Waals surface area contributed by atoms with E-state index in [-0.39, 0.29) is 0 Å². The van der Waals surface area contributed by atoms with Gasteiger partial charge in [0, 0.05) is 18.5 Å². The third-order valence-electron chi connectivity index (χ3n) is 5.30. The molecule has 0 amide bonds. The van der Waals surface area contributed by atoms with Crippen LogP contribution in [0.2, 0.25) is 10.0 Å². The molecule has 0 bridgehead atoms. The number of hydrogen-bond acceptors (Lipinski definition) is 3. The maximum absolute atomic E-state index is 6.55. The van der Waals surface area contributed by atoms with E-state index in [2.05, 4.69) is 22.3 Å². The first-order valence-corrected chi connectivity index (χ1v) is 9.53. The average Bonchev–Trinajstić information content (AvgIpc) is 2.62. The molecule has 3 nitrogen and oxygen atoms in total. The lowest BCUT2D eigenvalue weighted by Crippen LogP contribution is -2.60. The molecule has 2 aromatic rings. The van der Waals surface area contributed by atoms with Gasteiger partial charge in [0.15, 0.2) is 0 Å². The summed E-state index contributed by atoms with van der Waals surface area (Å²) in [4.78, 5) is 2.32. The Morgan fingerprint density at radius 1 is 1.00 bits per heavy atom. The largest absolute Gasteiger partial charge is 0.487 e. The summed E-state index contributed by atoms with van der Waals surface area (Å²) in [5, 5.41) is 4.61. The van der Waals surface area contributed by atoms with Gasteiger partial charge in [-0.3, -0.25) is 0 Å². The van der Waals surface area contributed by atoms with Crippen molar-refractivity contribution in [3.63, 3.8) is 0 Å². The summed E-state index contributed by atoms with van der Waals surface area (Å²) < 4.78 is 6.09. The van der Waals surface area contributed by atoms with E-state index in [1.165, 1.54) is 12.8 Å². The number of piperidine rings is 1. The second-order valence-electron chi connectivity index (χ2n) is 7.09. The SMILES string of the molecule is Clc1ccc(OCc2ccccc2)c(N2CC3(CCNCC3)C2)c1Cl. The fourth-order valence-corrected chi connectivity index (χ4v) is 4.29. The molecule has 0 atom stereocenters. The number of benzene rings is 2. The van der Waals surface area contributed by atoms with Crippen LogP contribution in [0.15, 0.2) is 42.5 Å². The molecule has 0 unspecified atom stereocenters. The van der Waals surface area contributed by atoms with E-state index in [4.69, 9.17) is 27.9 Å². The predicted octanol–water partition coefficient (Wildman–Crippen LogP) is 4.76. The molecule has 4 rings (SSSR count). The van der Waals surface area contributed by atoms with Crippen LogP contribution >= 0.6 is 23.2 Å². The molecular weight excluding hydrogens is 355 g/mol. The third-order valence-corrected chi connectivity index (χ3v) is 6.10. The van der Waals surface area contributed by atoms with E-state index in [0.717, 1.165) is 43.2 Å². The van der Waals surface area contributed by atoms with Crippen molar-refractivity contribution in [2.24, 2.45) is 5.41 Å². The van der Waals surface area contributed by atoms with E-state index < -0.39 is 0 Å². The summed E-state index contributed by atoms with van der Waals surface area (Å²) >= 11 is 12.8. The molecule has 2 saturated heterocycles. The zero-order valence-corrected chi connectivity index (χ0v) is 15.6. The van der Waals surface area contributed by atoms with E-state index in [0.29, 0.717) is 22.1 Å². The van der Waals surface area contributed by atoms with Gasteiger partial charge in [-0.05, 0) is 43.6 Å². The van der Waals surface area contributed by atoms with Crippen molar-refractivity contribution >= 4 is 28.9 Å². The number of ether oxygens (including phenoxy) is 1. The smallest absolute Gasteiger partial charge is 0.144 e. The lowest BCUT2D eigenvalue weighted by atomic mass is 9.72. The van der Waals surface area contributed by atoms with Gasteiger partial charge in [-0.2, -0.15) is 0 Å². The second-order valence-corrected chi connectivity index (χ2v) is 7.87. The van der Waals surface area contributed by atoms with Crippen LogP contribution in [-0.4, -0.2) is 26.2 Å². The van der Waals surface area contributed by atoms with E-state index in [1.807, 2.05) is 30.3 Å². The molecule has 0 aromatic heterocycles. The van der Waals surface area contributed by atoms with Gasteiger partial charge in [-0.1, -0.05) is 53.5 Å². The molecule has 2 aliphatic heterocycles. The number of rotatable bonds is 4. The van der Waals surface area contributed by atoms with Gasteiger partial charge in [0.1, 0.15) is 12.4 Å². The van der Waals surface area contributed by atoms with Gasteiger partial charge >= 0.3 is 0 Å². The maximum atomic E-state index is 6.55. The molecule has 5 heteroatoms. The summed E-state index contributed by atoms with van der Waals surface area (Å²) in [6, 6.07) is 13.9. The van der Waals surface area contributed by atoms with E-state index in [9.17, 15) is 0 Å². The monoisotopic (exact) mass is 376 g/mol. The summed E-state index contributed by atoms with van der Waals surface area (Å²) in [5.74, 6) is 0.807. The Balaban J connectivity index is 1.53. The van der Waals surface area contributed by atoms with Crippen molar-refractivity contribution in [2.45, 2.75) is 19.4 Å². The Labute approximate surface area is 158 Å². The lowest BCUT2D eigenvalue weighted by Gasteiger charge is -2.54. The molecule has 2 aromatic carbocycles. The molecule has 2 aliphatic rings. The predicted molar refractivity (Wildman–Crippen MR) is 104 cm³/mol. The minimum atomic E-state index is 0.424. The minimum Gasteiger partial charge on any atom is -0.487 e. The normalized spacial score (nSPS) is 18.9. The van der Waals surface area contributed by atoms with Crippen LogP contribution in [0, 0.1) is 5.41 Å². The van der Waals surface area contributed by atoms with Gasteiger partial charge in [0.2, 0.25) is 0 Å². The lowest BCUT2D eigenvalue weighted by molar-refractivity contribution is 0.148. The standard InChI is InChI=1S/C20H22Cl2N2O/c21-16-6-7-17(25-12-15-4-2-1-3-5-15)19(18(16)22)24-13-20(14-24)8-10-23-11-9-20/h1-7,23H,8-14H2. The van der Waals surface area contributed by atoms with Crippen LogP contribution in [0.1, 0.15) is 18.4 Å². The highest BCUT2D eigenvalue weighted by Gasteiger charge is 2.44. The first-order chi connectivity index (χ1) is 12.2. The van der Waals surface area contributed by atoms with Gasteiger partial charge in [-0.25, -0.2) is 0 Å². The zero-order valence-electron chi connectivity index (χ0n) is 14.1. The summed E-state index contributed by atoms with van der Waals surface area (Å²) in [6.45, 7) is 4.78. The number of nitrogens with zero attached hydrogens (tertiary/aromatic N) is 1. The Bertz CT molecular complexity index is 737. The van der Waals surface area contributed by atoms with Gasteiger partial charge in [0.05, 0.1) is 15.7 Å². The van der Waals surface area contributed by atoms with Crippen molar-refractivity contribution in [3.05, 3.63) is 58.1 Å². The summed E-state index contributed by atoms with van der Waals surface area (Å²) in [7, 11) is 0. The van der Waals surface area contributed by atoms with Crippen molar-refractivity contribution in [2.75, 3.05) is 31.1 Å². The molecule has 2 fully saturated rings. The highest BCUT2D eigenvalue weighted by molar-refractivity contribution is 6.44. The van der Waals surface area contributed by atoms with Crippen LogP contribution in [0.3, 0.4) is 0 Å². The quantitative estimate of drug-likeness (QED) is 0.831. The van der Waals surface area contributed by atoms with Crippen LogP contribution in [0.5, 0.6) is 5.75 Å². The van der Waals surface area contributed by atoms with E-state index in [1.54, 1.807) is 0 Å². The van der Waals surface area contributed by atoms with Gasteiger partial charge < -0.3 is 15.0 Å². The Morgan fingerprint density at radius 2 is 1.72 bits per heavy atom. The highest BCUT2D eigenvalue weighted by atomic mass is 35.5. The minimum absolute atomic E-state index is 0.424. The Morgan fingerprint density at radius 3 is 2.44 bits per heavy atom. The molecule has 0 aliphatic carbocycles. The molecule has 1 spiro atoms. The number of halogens is 2. The highest BCUT2D eigenvalue weighted by Crippen LogP contribution is 2.48. The van der Waals surface area contributed by atoms with Crippen LogP contribution in [-0.2, 0) is 6.61 Å². The summed E-state index contributed by atoms with van der Waals surface area (Å²) in [6.07, 6.45) is 2.45.